The van der Waals surface area contributed by atoms with Crippen molar-refractivity contribution in [2.45, 2.75) is 5.41 Å². The second kappa shape index (κ2) is 10.1. The predicted molar refractivity (Wildman–Crippen MR) is 187 cm³/mol. The van der Waals surface area contributed by atoms with Crippen LogP contribution in [-0.4, -0.2) is 4.57 Å². The second-order valence-electron chi connectivity index (χ2n) is 11.7. The highest BCUT2D eigenvalue weighted by Crippen LogP contribution is 2.57. The van der Waals surface area contributed by atoms with Crippen molar-refractivity contribution in [3.8, 4) is 5.69 Å². The van der Waals surface area contributed by atoms with Crippen molar-refractivity contribution in [2.24, 2.45) is 0 Å². The van der Waals surface area contributed by atoms with Gasteiger partial charge in [-0.15, -0.1) is 0 Å². The summed E-state index contributed by atoms with van der Waals surface area (Å²) in [4.78, 5) is 2.43. The molecule has 7 aromatic carbocycles. The summed E-state index contributed by atoms with van der Waals surface area (Å²) < 4.78 is 2.38. The van der Waals surface area contributed by atoms with E-state index >= 15 is 0 Å². The lowest BCUT2D eigenvalue weighted by Crippen LogP contribution is -2.37. The molecule has 0 bridgehead atoms. The van der Waals surface area contributed by atoms with Gasteiger partial charge in [0.1, 0.15) is 0 Å². The monoisotopic (exact) mass is 574 g/mol. The van der Waals surface area contributed by atoms with Gasteiger partial charge in [0.05, 0.1) is 27.8 Å². The zero-order chi connectivity index (χ0) is 29.8. The molecule has 0 amide bonds. The number of hydrogen-bond donors (Lipinski definition) is 0. The van der Waals surface area contributed by atoms with Gasteiger partial charge < -0.3 is 9.47 Å². The third-order valence-electron chi connectivity index (χ3n) is 9.46. The molecule has 2 heterocycles. The molecule has 1 aromatic heterocycles. The normalized spacial score (nSPS) is 13.5. The van der Waals surface area contributed by atoms with Crippen LogP contribution < -0.4 is 4.90 Å². The number of hydrogen-bond acceptors (Lipinski definition) is 1. The molecule has 45 heavy (non-hydrogen) atoms. The summed E-state index contributed by atoms with van der Waals surface area (Å²) in [6.07, 6.45) is 0. The lowest BCUT2D eigenvalue weighted by Gasteiger charge is -2.46. The van der Waals surface area contributed by atoms with Gasteiger partial charge in [0.15, 0.2) is 0 Å². The summed E-state index contributed by atoms with van der Waals surface area (Å²) >= 11 is 0. The Kier molecular flexibility index (Phi) is 5.76. The van der Waals surface area contributed by atoms with E-state index in [9.17, 15) is 0 Å². The van der Waals surface area contributed by atoms with Gasteiger partial charge in [-0.3, -0.25) is 0 Å². The molecular weight excluding hydrogens is 544 g/mol. The summed E-state index contributed by atoms with van der Waals surface area (Å²) in [7, 11) is 0. The van der Waals surface area contributed by atoms with Crippen molar-refractivity contribution in [3.63, 3.8) is 0 Å². The molecule has 0 saturated carbocycles. The molecule has 0 N–H and O–H groups in total. The van der Waals surface area contributed by atoms with Crippen molar-refractivity contribution >= 4 is 38.9 Å². The number of nitrogens with zero attached hydrogens (tertiary/aromatic N) is 2. The quantitative estimate of drug-likeness (QED) is 0.203. The number of anilines is 3. The maximum Gasteiger partial charge on any atom is 0.0742 e. The Bertz CT molecular complexity index is 2170. The second-order valence-corrected chi connectivity index (χ2v) is 11.7. The van der Waals surface area contributed by atoms with Crippen LogP contribution in [0.5, 0.6) is 0 Å². The third kappa shape index (κ3) is 3.69. The van der Waals surface area contributed by atoms with Gasteiger partial charge in [-0.05, 0) is 70.8 Å². The summed E-state index contributed by atoms with van der Waals surface area (Å²) in [5.74, 6) is 0. The van der Waals surface area contributed by atoms with E-state index in [1.165, 1.54) is 55.4 Å². The Balaban J connectivity index is 1.27. The van der Waals surface area contributed by atoms with Crippen LogP contribution >= 0.6 is 0 Å². The van der Waals surface area contributed by atoms with Gasteiger partial charge in [0.2, 0.25) is 0 Å². The fourth-order valence-corrected chi connectivity index (χ4v) is 7.64. The smallest absolute Gasteiger partial charge is 0.0742 e. The number of aromatic nitrogens is 1. The lowest BCUT2D eigenvalue weighted by molar-refractivity contribution is 0.731. The fourth-order valence-electron chi connectivity index (χ4n) is 7.64. The summed E-state index contributed by atoms with van der Waals surface area (Å²) in [5.41, 5.74) is 11.7. The van der Waals surface area contributed by atoms with Crippen molar-refractivity contribution < 1.29 is 0 Å². The molecular formula is C43H30N2. The predicted octanol–water partition coefficient (Wildman–Crippen LogP) is 10.9. The minimum Gasteiger partial charge on any atom is -0.310 e. The lowest BCUT2D eigenvalue weighted by atomic mass is 9.62. The number of fused-ring (bicyclic) bond motifs is 5. The Morgan fingerprint density at radius 1 is 0.333 bits per heavy atom. The van der Waals surface area contributed by atoms with Crippen LogP contribution in [-0.2, 0) is 5.41 Å². The molecule has 0 radical (unpaired) electrons. The Morgan fingerprint density at radius 3 is 1.24 bits per heavy atom. The maximum absolute atomic E-state index is 2.43. The molecule has 0 unspecified atom stereocenters. The first kappa shape index (κ1) is 25.6. The molecule has 0 atom stereocenters. The van der Waals surface area contributed by atoms with Crippen molar-refractivity contribution in [1.82, 2.24) is 4.57 Å². The highest BCUT2D eigenvalue weighted by molar-refractivity contribution is 6.09. The minimum atomic E-state index is -0.463. The first-order valence-electron chi connectivity index (χ1n) is 15.5. The minimum absolute atomic E-state index is 0.463. The molecule has 2 heteroatoms. The van der Waals surface area contributed by atoms with Crippen LogP contribution in [0.4, 0.5) is 17.1 Å². The average molecular weight is 575 g/mol. The molecule has 0 spiro atoms. The van der Waals surface area contributed by atoms with Crippen molar-refractivity contribution in [3.05, 3.63) is 204 Å². The van der Waals surface area contributed by atoms with Crippen LogP contribution in [0.15, 0.2) is 182 Å². The Hall–Kier alpha value is -5.86. The van der Waals surface area contributed by atoms with Gasteiger partial charge in [-0.2, -0.15) is 0 Å². The molecule has 9 rings (SSSR count). The first-order valence-corrected chi connectivity index (χ1v) is 15.5. The zero-order valence-electron chi connectivity index (χ0n) is 24.7. The summed E-state index contributed by atoms with van der Waals surface area (Å²) in [5, 5.41) is 2.54. The van der Waals surface area contributed by atoms with Crippen LogP contribution in [0.1, 0.15) is 22.3 Å². The van der Waals surface area contributed by atoms with Gasteiger partial charge in [0.25, 0.3) is 0 Å². The largest absolute Gasteiger partial charge is 0.310 e. The van der Waals surface area contributed by atoms with E-state index in [4.69, 9.17) is 0 Å². The SMILES string of the molecule is c1ccc(C2(c3ccccc3)c3ccccc3N(c3ccc(-n4c5ccccc5c5ccccc54)cc3)c3ccccc32)cc1. The number of rotatable bonds is 4. The van der Waals surface area contributed by atoms with E-state index < -0.39 is 5.41 Å². The first-order chi connectivity index (χ1) is 22.4. The average Bonchev–Trinajstić information content (AvgIpc) is 3.46. The van der Waals surface area contributed by atoms with Crippen LogP contribution in [0, 0.1) is 0 Å². The molecule has 2 nitrogen and oxygen atoms in total. The molecule has 0 aliphatic carbocycles. The van der Waals surface area contributed by atoms with E-state index in [0.29, 0.717) is 0 Å². The summed E-state index contributed by atoms with van der Waals surface area (Å²) in [6, 6.07) is 66.2. The third-order valence-corrected chi connectivity index (χ3v) is 9.46. The van der Waals surface area contributed by atoms with Crippen molar-refractivity contribution in [2.75, 3.05) is 4.90 Å². The van der Waals surface area contributed by atoms with Crippen LogP contribution in [0.3, 0.4) is 0 Å². The molecule has 1 aliphatic rings. The van der Waals surface area contributed by atoms with Gasteiger partial charge in [0, 0.05) is 22.1 Å². The van der Waals surface area contributed by atoms with Gasteiger partial charge in [-0.1, -0.05) is 133 Å². The van der Waals surface area contributed by atoms with E-state index in [-0.39, 0.29) is 0 Å². The highest BCUT2D eigenvalue weighted by atomic mass is 15.2. The van der Waals surface area contributed by atoms with Crippen molar-refractivity contribution in [1.29, 1.82) is 0 Å². The molecule has 212 valence electrons. The standard InChI is InChI=1S/C43H30N2/c1-3-15-31(16-4-1)43(32-17-5-2-6-18-32)37-21-9-13-25-41(37)45(42-26-14-10-22-38(42)43)34-29-27-33(28-30-34)44-39-23-11-7-19-35(39)36-20-8-12-24-40(36)44/h1-30H. The summed E-state index contributed by atoms with van der Waals surface area (Å²) in [6.45, 7) is 0. The molecule has 8 aromatic rings. The highest BCUT2D eigenvalue weighted by Gasteiger charge is 2.46. The Morgan fingerprint density at radius 2 is 0.733 bits per heavy atom. The molecule has 0 saturated heterocycles. The maximum atomic E-state index is 2.43. The van der Waals surface area contributed by atoms with E-state index in [1.54, 1.807) is 0 Å². The van der Waals surface area contributed by atoms with Crippen LogP contribution in [0.2, 0.25) is 0 Å². The van der Waals surface area contributed by atoms with Gasteiger partial charge in [-0.25, -0.2) is 0 Å². The Labute approximate surface area is 263 Å². The molecule has 0 fully saturated rings. The van der Waals surface area contributed by atoms with E-state index in [2.05, 4.69) is 191 Å². The topological polar surface area (TPSA) is 8.17 Å². The zero-order valence-corrected chi connectivity index (χ0v) is 24.7. The van der Waals surface area contributed by atoms with Crippen LogP contribution in [0.25, 0.3) is 27.5 Å². The molecule has 1 aliphatic heterocycles. The van der Waals surface area contributed by atoms with E-state index in [1.807, 2.05) is 0 Å². The van der Waals surface area contributed by atoms with E-state index in [0.717, 1.165) is 11.4 Å². The number of para-hydroxylation sites is 4. The van der Waals surface area contributed by atoms with Gasteiger partial charge >= 0.3 is 0 Å². The fraction of sp³-hybridized carbons (Fsp3) is 0.0233. The number of benzene rings is 7.